The van der Waals surface area contributed by atoms with E-state index in [1.807, 2.05) is 36.0 Å². The van der Waals surface area contributed by atoms with E-state index < -0.39 is 0 Å². The van der Waals surface area contributed by atoms with Crippen LogP contribution in [0.1, 0.15) is 25.3 Å². The predicted octanol–water partition coefficient (Wildman–Crippen LogP) is 2.10. The lowest BCUT2D eigenvalue weighted by Gasteiger charge is -2.24. The van der Waals surface area contributed by atoms with Crippen molar-refractivity contribution in [2.75, 3.05) is 40.0 Å². The van der Waals surface area contributed by atoms with Gasteiger partial charge in [-0.15, -0.1) is 0 Å². The third kappa shape index (κ3) is 6.44. The Labute approximate surface area is 160 Å². The highest BCUT2D eigenvalue weighted by Gasteiger charge is 2.29. The standard InChI is InChI=1S/C19H30N4O2S/c1-19(9-6-10-26-19)14-22-18(20-2)21-12-15-7-5-8-16(11-15)25-13-17(24)23(3)4/h5,7-8,11H,6,9-10,12-14H2,1-4H3,(H2,20,21,22). The van der Waals surface area contributed by atoms with E-state index in [1.54, 1.807) is 21.1 Å². The Kier molecular flexibility index (Phi) is 7.63. The Morgan fingerprint density at radius 1 is 1.38 bits per heavy atom. The zero-order valence-electron chi connectivity index (χ0n) is 16.2. The van der Waals surface area contributed by atoms with Gasteiger partial charge < -0.3 is 20.3 Å². The van der Waals surface area contributed by atoms with Gasteiger partial charge in [-0.05, 0) is 43.2 Å². The molecule has 0 aromatic heterocycles. The Hall–Kier alpha value is -1.89. The van der Waals surface area contributed by atoms with Crippen molar-refractivity contribution in [3.63, 3.8) is 0 Å². The maximum absolute atomic E-state index is 11.6. The Morgan fingerprint density at radius 3 is 2.85 bits per heavy atom. The first kappa shape index (κ1) is 20.4. The Bertz CT molecular complexity index is 628. The lowest BCUT2D eigenvalue weighted by atomic mass is 10.1. The van der Waals surface area contributed by atoms with Crippen LogP contribution < -0.4 is 15.4 Å². The average Bonchev–Trinajstić information content (AvgIpc) is 3.07. The fraction of sp³-hybridized carbons (Fsp3) is 0.579. The molecular weight excluding hydrogens is 348 g/mol. The van der Waals surface area contributed by atoms with Gasteiger partial charge in [0.25, 0.3) is 5.91 Å². The average molecular weight is 379 g/mol. The number of amides is 1. The number of hydrogen-bond acceptors (Lipinski definition) is 4. The van der Waals surface area contributed by atoms with Crippen LogP contribution in [0.15, 0.2) is 29.3 Å². The molecule has 1 aliphatic rings. The van der Waals surface area contributed by atoms with E-state index in [0.29, 0.717) is 17.0 Å². The molecule has 26 heavy (non-hydrogen) atoms. The van der Waals surface area contributed by atoms with Gasteiger partial charge in [-0.2, -0.15) is 11.8 Å². The lowest BCUT2D eigenvalue weighted by Crippen LogP contribution is -2.43. The minimum atomic E-state index is -0.0589. The largest absolute Gasteiger partial charge is 0.484 e. The summed E-state index contributed by atoms with van der Waals surface area (Å²) in [5.74, 6) is 2.68. The van der Waals surface area contributed by atoms with Crippen molar-refractivity contribution in [3.05, 3.63) is 29.8 Å². The minimum absolute atomic E-state index is 0.0450. The van der Waals surface area contributed by atoms with Crippen molar-refractivity contribution in [2.24, 2.45) is 4.99 Å². The van der Waals surface area contributed by atoms with Gasteiger partial charge in [-0.3, -0.25) is 9.79 Å². The highest BCUT2D eigenvalue weighted by molar-refractivity contribution is 8.00. The number of nitrogens with zero attached hydrogens (tertiary/aromatic N) is 2. The topological polar surface area (TPSA) is 66.0 Å². The maximum atomic E-state index is 11.6. The summed E-state index contributed by atoms with van der Waals surface area (Å²) in [6, 6.07) is 7.75. The molecule has 1 atom stereocenters. The minimum Gasteiger partial charge on any atom is -0.484 e. The molecule has 1 heterocycles. The van der Waals surface area contributed by atoms with Crippen LogP contribution in [-0.4, -0.2) is 61.6 Å². The second-order valence-corrected chi connectivity index (χ2v) is 8.59. The number of guanidine groups is 1. The van der Waals surface area contributed by atoms with E-state index in [4.69, 9.17) is 4.74 Å². The second-order valence-electron chi connectivity index (χ2n) is 6.91. The Balaban J connectivity index is 1.81. The molecule has 144 valence electrons. The lowest BCUT2D eigenvalue weighted by molar-refractivity contribution is -0.130. The molecule has 2 rings (SSSR count). The van der Waals surface area contributed by atoms with E-state index >= 15 is 0 Å². The van der Waals surface area contributed by atoms with Crippen molar-refractivity contribution in [2.45, 2.75) is 31.1 Å². The maximum Gasteiger partial charge on any atom is 0.259 e. The number of hydrogen-bond donors (Lipinski definition) is 2. The summed E-state index contributed by atoms with van der Waals surface area (Å²) in [6.45, 7) is 3.90. The number of nitrogens with one attached hydrogen (secondary N) is 2. The summed E-state index contributed by atoms with van der Waals surface area (Å²) >= 11 is 2.03. The van der Waals surface area contributed by atoms with E-state index in [1.165, 1.54) is 23.5 Å². The number of ether oxygens (including phenoxy) is 1. The summed E-state index contributed by atoms with van der Waals surface area (Å²) in [6.07, 6.45) is 2.53. The van der Waals surface area contributed by atoms with E-state index in [0.717, 1.165) is 18.1 Å². The number of benzene rings is 1. The smallest absolute Gasteiger partial charge is 0.259 e. The van der Waals surface area contributed by atoms with Crippen molar-refractivity contribution < 1.29 is 9.53 Å². The molecule has 1 aromatic rings. The molecule has 0 spiro atoms. The third-order valence-electron chi connectivity index (χ3n) is 4.37. The van der Waals surface area contributed by atoms with Crippen molar-refractivity contribution >= 4 is 23.6 Å². The molecule has 0 saturated carbocycles. The number of thioether (sulfide) groups is 1. The quantitative estimate of drug-likeness (QED) is 0.562. The molecule has 2 N–H and O–H groups in total. The SMILES string of the molecule is CN=C(NCc1cccc(OCC(=O)N(C)C)c1)NCC1(C)CCCS1. The number of carbonyl (C=O) groups excluding carboxylic acids is 1. The van der Waals surface area contributed by atoms with Crippen molar-refractivity contribution in [1.82, 2.24) is 15.5 Å². The van der Waals surface area contributed by atoms with Gasteiger partial charge in [0.15, 0.2) is 12.6 Å². The molecule has 1 amide bonds. The fourth-order valence-electron chi connectivity index (χ4n) is 2.67. The number of carbonyl (C=O) groups is 1. The zero-order valence-corrected chi connectivity index (χ0v) is 17.0. The van der Waals surface area contributed by atoms with Crippen molar-refractivity contribution in [1.29, 1.82) is 0 Å². The molecule has 1 fully saturated rings. The van der Waals surface area contributed by atoms with Crippen LogP contribution in [0.3, 0.4) is 0 Å². The van der Waals surface area contributed by atoms with Gasteiger partial charge in [0.05, 0.1) is 0 Å². The van der Waals surface area contributed by atoms with Crippen LogP contribution in [0.5, 0.6) is 5.75 Å². The van der Waals surface area contributed by atoms with Crippen LogP contribution in [0, 0.1) is 0 Å². The first-order chi connectivity index (χ1) is 12.4. The number of aliphatic imine (C=N–C) groups is 1. The molecular formula is C19H30N4O2S. The van der Waals surface area contributed by atoms with Crippen molar-refractivity contribution in [3.8, 4) is 5.75 Å². The number of rotatable bonds is 7. The summed E-state index contributed by atoms with van der Waals surface area (Å²) < 4.78 is 5.86. The van der Waals surface area contributed by atoms with Crippen LogP contribution in [0.25, 0.3) is 0 Å². The first-order valence-electron chi connectivity index (χ1n) is 8.92. The second kappa shape index (κ2) is 9.71. The van der Waals surface area contributed by atoms with Crippen LogP contribution in [0.2, 0.25) is 0 Å². The molecule has 1 saturated heterocycles. The molecule has 1 aromatic carbocycles. The van der Waals surface area contributed by atoms with Crippen LogP contribution in [-0.2, 0) is 11.3 Å². The Morgan fingerprint density at radius 2 is 2.19 bits per heavy atom. The van der Waals surface area contributed by atoms with E-state index in [2.05, 4.69) is 22.5 Å². The molecule has 1 unspecified atom stereocenters. The highest BCUT2D eigenvalue weighted by atomic mass is 32.2. The first-order valence-corrected chi connectivity index (χ1v) is 9.91. The third-order valence-corrected chi connectivity index (χ3v) is 5.91. The molecule has 1 aliphatic heterocycles. The molecule has 7 heteroatoms. The van der Waals surface area contributed by atoms with E-state index in [-0.39, 0.29) is 12.5 Å². The summed E-state index contributed by atoms with van der Waals surface area (Å²) in [7, 11) is 5.22. The molecule has 0 aliphatic carbocycles. The number of likely N-dealkylation sites (N-methyl/N-ethyl adjacent to an activating group) is 1. The normalized spacial score (nSPS) is 19.9. The van der Waals surface area contributed by atoms with Gasteiger partial charge >= 0.3 is 0 Å². The summed E-state index contributed by atoms with van der Waals surface area (Å²) in [5, 5.41) is 6.76. The monoisotopic (exact) mass is 378 g/mol. The molecule has 6 nitrogen and oxygen atoms in total. The van der Waals surface area contributed by atoms with Gasteiger partial charge in [0, 0.05) is 39.0 Å². The van der Waals surface area contributed by atoms with Gasteiger partial charge in [0.1, 0.15) is 5.75 Å². The fourth-order valence-corrected chi connectivity index (χ4v) is 3.92. The zero-order chi connectivity index (χ0) is 19.0. The highest BCUT2D eigenvalue weighted by Crippen LogP contribution is 2.36. The van der Waals surface area contributed by atoms with Crippen LogP contribution >= 0.6 is 11.8 Å². The van der Waals surface area contributed by atoms with Gasteiger partial charge in [-0.25, -0.2) is 0 Å². The molecule has 0 bridgehead atoms. The summed E-state index contributed by atoms with van der Waals surface area (Å²) in [4.78, 5) is 17.4. The van der Waals surface area contributed by atoms with Gasteiger partial charge in [-0.1, -0.05) is 12.1 Å². The summed E-state index contributed by atoms with van der Waals surface area (Å²) in [5.41, 5.74) is 1.07. The predicted molar refractivity (Wildman–Crippen MR) is 109 cm³/mol. The van der Waals surface area contributed by atoms with Gasteiger partial charge in [0.2, 0.25) is 0 Å². The molecule has 0 radical (unpaired) electrons. The van der Waals surface area contributed by atoms with Crippen LogP contribution in [0.4, 0.5) is 0 Å². The van der Waals surface area contributed by atoms with E-state index in [9.17, 15) is 4.79 Å².